The van der Waals surface area contributed by atoms with E-state index >= 15 is 0 Å². The van der Waals surface area contributed by atoms with Gasteiger partial charge in [-0.15, -0.1) is 0 Å². The Balaban J connectivity index is -0.000000114. The molecular weight excluding hydrogens is 205 g/mol. The van der Waals surface area contributed by atoms with Gasteiger partial charge in [0.05, 0.1) is 0 Å². The fourth-order valence-electron chi connectivity index (χ4n) is 0. The van der Waals surface area contributed by atoms with Crippen LogP contribution in [-0.4, -0.2) is 55.3 Å². The van der Waals surface area contributed by atoms with Crippen molar-refractivity contribution in [3.05, 3.63) is 0 Å². The monoisotopic (exact) mass is 216 g/mol. The summed E-state index contributed by atoms with van der Waals surface area (Å²) in [5.41, 5.74) is 0. The van der Waals surface area contributed by atoms with Gasteiger partial charge in [0.15, 0.2) is 0 Å². The molecule has 0 fully saturated rings. The Bertz CT molecular complexity index is 138. The van der Waals surface area contributed by atoms with Crippen LogP contribution in [0.2, 0.25) is 0 Å². The third kappa shape index (κ3) is 52.9. The van der Waals surface area contributed by atoms with Crippen LogP contribution in [0, 0.1) is 0 Å². The summed E-state index contributed by atoms with van der Waals surface area (Å²) in [4.78, 5) is 30.2. The third-order valence-corrected chi connectivity index (χ3v) is 1.24. The van der Waals surface area contributed by atoms with E-state index in [0.29, 0.717) is 0 Å². The first-order chi connectivity index (χ1) is 4.29. The van der Waals surface area contributed by atoms with Crippen molar-refractivity contribution in [1.29, 1.82) is 0 Å². The Morgan fingerprint density at radius 2 is 1.45 bits per heavy atom. The van der Waals surface area contributed by atoms with Crippen molar-refractivity contribution >= 4 is 45.4 Å². The van der Waals surface area contributed by atoms with Gasteiger partial charge in [-0.1, -0.05) is 6.92 Å². The molecule has 0 bridgehead atoms. The van der Waals surface area contributed by atoms with Gasteiger partial charge in [0.2, 0.25) is 0 Å². The summed E-state index contributed by atoms with van der Waals surface area (Å²) in [6.45, 7) is 1.45. The van der Waals surface area contributed by atoms with Crippen LogP contribution in [0.25, 0.3) is 0 Å². The number of hydrogen-bond acceptors (Lipinski definition) is 2. The van der Waals surface area contributed by atoms with E-state index < -0.39 is 15.9 Å². The normalized spacial score (nSPS) is 9.64. The van der Waals surface area contributed by atoms with Crippen molar-refractivity contribution in [2.45, 2.75) is 6.92 Å². The SMILES string of the molecule is CCP(=O)(O)O.O=[PH](O)O.[NaH]. The Hall–Kier alpha value is 1.30. The van der Waals surface area contributed by atoms with Crippen LogP contribution in [0.5, 0.6) is 0 Å². The Morgan fingerprint density at radius 3 is 1.45 bits per heavy atom. The van der Waals surface area contributed by atoms with Gasteiger partial charge in [0.25, 0.3) is 0 Å². The molecule has 0 aliphatic rings. The first-order valence-corrected chi connectivity index (χ1v) is 5.36. The quantitative estimate of drug-likeness (QED) is 0.326. The molecule has 9 heteroatoms. The second kappa shape index (κ2) is 9.39. The van der Waals surface area contributed by atoms with Gasteiger partial charge >= 0.3 is 45.4 Å². The van der Waals surface area contributed by atoms with Gasteiger partial charge in [0.1, 0.15) is 0 Å². The van der Waals surface area contributed by atoms with E-state index in [-0.39, 0.29) is 35.7 Å². The second-order valence-corrected chi connectivity index (χ2v) is 3.79. The number of hydrogen-bond donors (Lipinski definition) is 4. The van der Waals surface area contributed by atoms with Crippen LogP contribution in [0.4, 0.5) is 0 Å². The Labute approximate surface area is 87.0 Å². The Morgan fingerprint density at radius 1 is 1.36 bits per heavy atom. The molecule has 0 unspecified atom stereocenters. The van der Waals surface area contributed by atoms with Crippen molar-refractivity contribution in [2.24, 2.45) is 0 Å². The third-order valence-electron chi connectivity index (χ3n) is 0.412. The molecule has 0 atom stereocenters. The number of rotatable bonds is 1. The van der Waals surface area contributed by atoms with Gasteiger partial charge in [-0.25, -0.2) is 0 Å². The standard InChI is InChI=1S/C2H7O3P.Na.H3O3P.H/c1-2-6(3,4)5;;1-4(2)3;/h2H2,1H3,(H2,3,4,5);;4H,(H2,1,2,3);. The molecule has 0 rings (SSSR count). The van der Waals surface area contributed by atoms with E-state index in [9.17, 15) is 4.57 Å². The van der Waals surface area contributed by atoms with Crippen LogP contribution in [-0.2, 0) is 9.13 Å². The zero-order valence-corrected chi connectivity index (χ0v) is 7.15. The minimum absolute atomic E-state index is 0. The summed E-state index contributed by atoms with van der Waals surface area (Å²) in [7, 11) is -6.78. The Kier molecular flexibility index (Phi) is 15.5. The molecule has 0 heterocycles. The van der Waals surface area contributed by atoms with Gasteiger partial charge in [0, 0.05) is 6.16 Å². The topological polar surface area (TPSA) is 115 Å². The molecule has 0 saturated heterocycles. The van der Waals surface area contributed by atoms with Crippen molar-refractivity contribution in [1.82, 2.24) is 0 Å². The zero-order chi connectivity index (χ0) is 8.78. The molecule has 0 aliphatic carbocycles. The van der Waals surface area contributed by atoms with E-state index in [1.54, 1.807) is 0 Å². The second-order valence-electron chi connectivity index (χ2n) is 1.26. The van der Waals surface area contributed by atoms with Crippen LogP contribution in [0.3, 0.4) is 0 Å². The average molecular weight is 216 g/mol. The van der Waals surface area contributed by atoms with Gasteiger partial charge in [-0.2, -0.15) is 0 Å². The molecule has 0 saturated carbocycles. The molecule has 0 spiro atoms. The van der Waals surface area contributed by atoms with Crippen molar-refractivity contribution in [3.63, 3.8) is 0 Å². The molecule has 6 nitrogen and oxygen atoms in total. The first-order valence-electron chi connectivity index (χ1n) is 2.26. The predicted octanol–water partition coefficient (Wildman–Crippen LogP) is -1.10. The molecule has 66 valence electrons. The van der Waals surface area contributed by atoms with Gasteiger partial charge in [-0.3, -0.25) is 9.13 Å². The van der Waals surface area contributed by atoms with Crippen LogP contribution < -0.4 is 0 Å². The fraction of sp³-hybridized carbons (Fsp3) is 1.00. The van der Waals surface area contributed by atoms with Crippen molar-refractivity contribution in [3.8, 4) is 0 Å². The summed E-state index contributed by atoms with van der Waals surface area (Å²) in [6, 6.07) is 0. The van der Waals surface area contributed by atoms with E-state index in [1.165, 1.54) is 6.92 Å². The van der Waals surface area contributed by atoms with Crippen LogP contribution in [0.15, 0.2) is 0 Å². The van der Waals surface area contributed by atoms with E-state index in [1.807, 2.05) is 0 Å². The molecule has 0 aromatic heterocycles. The maximum atomic E-state index is 9.69. The molecular formula is C2H11NaO6P2. The summed E-state index contributed by atoms with van der Waals surface area (Å²) in [5.74, 6) is 0. The van der Waals surface area contributed by atoms with Crippen molar-refractivity contribution in [2.75, 3.05) is 6.16 Å². The van der Waals surface area contributed by atoms with Crippen LogP contribution >= 0.6 is 15.9 Å². The minimum atomic E-state index is -3.65. The molecule has 0 aromatic carbocycles. The maximum absolute atomic E-state index is 9.69. The van der Waals surface area contributed by atoms with Gasteiger partial charge < -0.3 is 19.6 Å². The molecule has 0 aliphatic heterocycles. The fourth-order valence-corrected chi connectivity index (χ4v) is 0. The van der Waals surface area contributed by atoms with E-state index in [0.717, 1.165) is 0 Å². The molecule has 11 heavy (non-hydrogen) atoms. The first kappa shape index (κ1) is 18.2. The summed E-state index contributed by atoms with van der Waals surface area (Å²) >= 11 is 0. The molecule has 4 N–H and O–H groups in total. The van der Waals surface area contributed by atoms with Crippen LogP contribution in [0.1, 0.15) is 6.92 Å². The summed E-state index contributed by atoms with van der Waals surface area (Å²) in [6.07, 6.45) is -0.0625. The molecule has 0 amide bonds. The van der Waals surface area contributed by atoms with E-state index in [2.05, 4.69) is 0 Å². The zero-order valence-electron chi connectivity index (χ0n) is 5.26. The average Bonchev–Trinajstić information content (AvgIpc) is 1.63. The molecule has 0 aromatic rings. The predicted molar refractivity (Wildman–Crippen MR) is 43.2 cm³/mol. The summed E-state index contributed by atoms with van der Waals surface area (Å²) < 4.78 is 18.4. The van der Waals surface area contributed by atoms with Gasteiger partial charge in [-0.05, 0) is 0 Å². The van der Waals surface area contributed by atoms with E-state index in [4.69, 9.17) is 24.1 Å². The summed E-state index contributed by atoms with van der Waals surface area (Å²) in [5, 5.41) is 0. The van der Waals surface area contributed by atoms with Crippen molar-refractivity contribution < 1.29 is 28.7 Å². The molecule has 0 radical (unpaired) electrons.